The van der Waals surface area contributed by atoms with Crippen molar-refractivity contribution in [3.05, 3.63) is 52.0 Å². The van der Waals surface area contributed by atoms with Gasteiger partial charge < -0.3 is 14.8 Å². The van der Waals surface area contributed by atoms with Gasteiger partial charge in [0.2, 0.25) is 10.0 Å². The predicted molar refractivity (Wildman–Crippen MR) is 116 cm³/mol. The molecule has 10 heteroatoms. The van der Waals surface area contributed by atoms with Gasteiger partial charge in [-0.2, -0.15) is 4.31 Å². The molecule has 3 rings (SSSR count). The highest BCUT2D eigenvalue weighted by Gasteiger charge is 2.27. The number of hydrogen-bond acceptors (Lipinski definition) is 5. The number of morpholine rings is 1. The summed E-state index contributed by atoms with van der Waals surface area (Å²) in [5, 5.41) is 3.28. The maximum atomic E-state index is 13.0. The number of amides is 1. The molecular formula is C20H22Cl2N2O5S. The Morgan fingerprint density at radius 2 is 1.83 bits per heavy atom. The SMILES string of the molecule is CC(C)Oc1ccc(S(=O)(=O)N2CCOCC2)cc1NC(=O)c1cc(Cl)ccc1Cl. The zero-order valence-electron chi connectivity index (χ0n) is 16.5. The summed E-state index contributed by atoms with van der Waals surface area (Å²) >= 11 is 12.1. The molecule has 1 aliphatic heterocycles. The second-order valence-electron chi connectivity index (χ2n) is 6.92. The minimum absolute atomic E-state index is 0.0491. The van der Waals surface area contributed by atoms with E-state index >= 15 is 0 Å². The molecule has 0 spiro atoms. The zero-order valence-corrected chi connectivity index (χ0v) is 18.9. The van der Waals surface area contributed by atoms with Gasteiger partial charge in [0.1, 0.15) is 5.75 Å². The third kappa shape index (κ3) is 5.25. The van der Waals surface area contributed by atoms with Crippen LogP contribution in [0.5, 0.6) is 5.75 Å². The summed E-state index contributed by atoms with van der Waals surface area (Å²) in [6, 6.07) is 8.91. The van der Waals surface area contributed by atoms with Crippen molar-refractivity contribution in [1.29, 1.82) is 0 Å². The van der Waals surface area contributed by atoms with Crippen LogP contribution in [-0.2, 0) is 14.8 Å². The lowest BCUT2D eigenvalue weighted by Crippen LogP contribution is -2.40. The number of nitrogens with one attached hydrogen (secondary N) is 1. The monoisotopic (exact) mass is 472 g/mol. The van der Waals surface area contributed by atoms with Gasteiger partial charge in [0.25, 0.3) is 5.91 Å². The Labute approximate surface area is 185 Å². The average Bonchev–Trinajstić information content (AvgIpc) is 2.71. The molecule has 0 aliphatic carbocycles. The van der Waals surface area contributed by atoms with Gasteiger partial charge in [0.15, 0.2) is 0 Å². The fraction of sp³-hybridized carbons (Fsp3) is 0.350. The van der Waals surface area contributed by atoms with Crippen LogP contribution in [0.15, 0.2) is 41.3 Å². The van der Waals surface area contributed by atoms with Crippen molar-refractivity contribution in [2.24, 2.45) is 0 Å². The van der Waals surface area contributed by atoms with Crippen LogP contribution in [0, 0.1) is 0 Å². The Bertz CT molecular complexity index is 1040. The molecule has 0 bridgehead atoms. The van der Waals surface area contributed by atoms with Crippen molar-refractivity contribution in [2.75, 3.05) is 31.6 Å². The van der Waals surface area contributed by atoms with E-state index < -0.39 is 15.9 Å². The van der Waals surface area contributed by atoms with Crippen molar-refractivity contribution in [2.45, 2.75) is 24.8 Å². The highest BCUT2D eigenvalue weighted by Crippen LogP contribution is 2.31. The summed E-state index contributed by atoms with van der Waals surface area (Å²) in [5.74, 6) is -0.186. The van der Waals surface area contributed by atoms with Gasteiger partial charge in [-0.1, -0.05) is 23.2 Å². The number of ether oxygens (including phenoxy) is 2. The lowest BCUT2D eigenvalue weighted by Gasteiger charge is -2.26. The van der Waals surface area contributed by atoms with Crippen LogP contribution in [-0.4, -0.2) is 51.0 Å². The minimum Gasteiger partial charge on any atom is -0.489 e. The van der Waals surface area contributed by atoms with E-state index in [9.17, 15) is 13.2 Å². The molecule has 30 heavy (non-hydrogen) atoms. The summed E-state index contributed by atoms with van der Waals surface area (Å²) in [5.41, 5.74) is 0.389. The first-order chi connectivity index (χ1) is 14.2. The first-order valence-corrected chi connectivity index (χ1v) is 11.5. The van der Waals surface area contributed by atoms with Gasteiger partial charge in [-0.05, 0) is 50.2 Å². The molecule has 162 valence electrons. The van der Waals surface area contributed by atoms with Gasteiger partial charge in [0.05, 0.1) is 40.5 Å². The summed E-state index contributed by atoms with van der Waals surface area (Å²) < 4.78 is 38.3. The number of rotatable bonds is 6. The van der Waals surface area contributed by atoms with Crippen LogP contribution in [0.1, 0.15) is 24.2 Å². The molecule has 0 saturated carbocycles. The molecule has 0 radical (unpaired) electrons. The Balaban J connectivity index is 1.97. The van der Waals surface area contributed by atoms with E-state index in [1.165, 1.54) is 34.6 Å². The second kappa shape index (κ2) is 9.53. The fourth-order valence-electron chi connectivity index (χ4n) is 2.92. The Kier molecular flexibility index (Phi) is 7.26. The lowest BCUT2D eigenvalue weighted by molar-refractivity contribution is 0.0730. The van der Waals surface area contributed by atoms with Gasteiger partial charge in [-0.15, -0.1) is 0 Å². The largest absolute Gasteiger partial charge is 0.489 e. The van der Waals surface area contributed by atoms with Crippen LogP contribution in [0.4, 0.5) is 5.69 Å². The predicted octanol–water partition coefficient (Wildman–Crippen LogP) is 4.05. The first-order valence-electron chi connectivity index (χ1n) is 9.33. The second-order valence-corrected chi connectivity index (χ2v) is 9.70. The number of carbonyl (C=O) groups is 1. The lowest BCUT2D eigenvalue weighted by atomic mass is 10.2. The Morgan fingerprint density at radius 1 is 1.13 bits per heavy atom. The molecule has 0 atom stereocenters. The van der Waals surface area contributed by atoms with E-state index in [0.717, 1.165) is 0 Å². The highest BCUT2D eigenvalue weighted by molar-refractivity contribution is 7.89. The summed E-state index contributed by atoms with van der Waals surface area (Å²) in [6.45, 7) is 4.88. The van der Waals surface area contributed by atoms with Crippen LogP contribution in [0.3, 0.4) is 0 Å². The van der Waals surface area contributed by atoms with Crippen molar-refractivity contribution in [3.63, 3.8) is 0 Å². The number of benzene rings is 2. The number of sulfonamides is 1. The van der Waals surface area contributed by atoms with E-state index in [2.05, 4.69) is 5.32 Å². The van der Waals surface area contributed by atoms with Gasteiger partial charge in [-0.3, -0.25) is 4.79 Å². The van der Waals surface area contributed by atoms with Crippen LogP contribution >= 0.6 is 23.2 Å². The fourth-order valence-corrected chi connectivity index (χ4v) is 4.73. The smallest absolute Gasteiger partial charge is 0.257 e. The quantitative estimate of drug-likeness (QED) is 0.684. The van der Waals surface area contributed by atoms with E-state index in [-0.39, 0.29) is 40.4 Å². The molecule has 7 nitrogen and oxygen atoms in total. The van der Waals surface area contributed by atoms with Crippen molar-refractivity contribution in [3.8, 4) is 5.75 Å². The van der Waals surface area contributed by atoms with Crippen molar-refractivity contribution < 1.29 is 22.7 Å². The first kappa shape index (κ1) is 22.8. The van der Waals surface area contributed by atoms with E-state index in [1.54, 1.807) is 6.07 Å². The average molecular weight is 473 g/mol. The summed E-state index contributed by atoms with van der Waals surface area (Å²) in [6.07, 6.45) is -0.183. The number of anilines is 1. The Morgan fingerprint density at radius 3 is 2.50 bits per heavy atom. The maximum absolute atomic E-state index is 13.0. The number of nitrogens with zero attached hydrogens (tertiary/aromatic N) is 1. The molecule has 1 heterocycles. The van der Waals surface area contributed by atoms with Crippen LogP contribution in [0.25, 0.3) is 0 Å². The molecule has 2 aromatic carbocycles. The third-order valence-corrected chi connectivity index (χ3v) is 6.80. The van der Waals surface area contributed by atoms with Crippen LogP contribution in [0.2, 0.25) is 10.0 Å². The molecule has 2 aromatic rings. The van der Waals surface area contributed by atoms with Crippen LogP contribution < -0.4 is 10.1 Å². The standard InChI is InChI=1S/C20H22Cl2N2O5S/c1-13(2)29-19-6-4-15(30(26,27)24-7-9-28-10-8-24)12-18(19)23-20(25)16-11-14(21)3-5-17(16)22/h3-6,11-13H,7-10H2,1-2H3,(H,23,25). The molecule has 1 fully saturated rings. The molecule has 1 amide bonds. The van der Waals surface area contributed by atoms with Crippen molar-refractivity contribution >= 4 is 44.8 Å². The van der Waals surface area contributed by atoms with E-state index in [0.29, 0.717) is 24.0 Å². The topological polar surface area (TPSA) is 84.9 Å². The molecule has 0 unspecified atom stereocenters. The Hall–Kier alpha value is -1.84. The maximum Gasteiger partial charge on any atom is 0.257 e. The minimum atomic E-state index is -3.75. The van der Waals surface area contributed by atoms with Gasteiger partial charge in [-0.25, -0.2) is 8.42 Å². The van der Waals surface area contributed by atoms with Gasteiger partial charge in [0, 0.05) is 18.1 Å². The molecule has 1 saturated heterocycles. The van der Waals surface area contributed by atoms with E-state index in [4.69, 9.17) is 32.7 Å². The van der Waals surface area contributed by atoms with Gasteiger partial charge >= 0.3 is 0 Å². The number of carbonyl (C=O) groups excluding carboxylic acids is 1. The third-order valence-electron chi connectivity index (χ3n) is 4.34. The number of halogens is 2. The normalized spacial score (nSPS) is 15.2. The summed E-state index contributed by atoms with van der Waals surface area (Å²) in [7, 11) is -3.75. The van der Waals surface area contributed by atoms with Crippen molar-refractivity contribution in [1.82, 2.24) is 4.31 Å². The molecular weight excluding hydrogens is 451 g/mol. The molecule has 1 aliphatic rings. The number of hydrogen-bond donors (Lipinski definition) is 1. The molecule has 0 aromatic heterocycles. The molecule has 1 N–H and O–H groups in total. The van der Waals surface area contributed by atoms with E-state index in [1.807, 2.05) is 13.8 Å². The summed E-state index contributed by atoms with van der Waals surface area (Å²) in [4.78, 5) is 12.9. The highest BCUT2D eigenvalue weighted by atomic mass is 35.5. The zero-order chi connectivity index (χ0) is 21.9.